The topological polar surface area (TPSA) is 56.7 Å². The molecule has 0 aliphatic heterocycles. The summed E-state index contributed by atoms with van der Waals surface area (Å²) < 4.78 is 79.8. The van der Waals surface area contributed by atoms with Crippen molar-refractivity contribution in [1.82, 2.24) is 9.88 Å². The number of carbonyl (C=O) groups is 1. The first kappa shape index (κ1) is 28.3. The van der Waals surface area contributed by atoms with E-state index in [1.165, 1.54) is 6.20 Å². The van der Waals surface area contributed by atoms with E-state index >= 15 is 0 Å². The lowest BCUT2D eigenvalue weighted by atomic mass is 10.00. The maximum absolute atomic E-state index is 13.3. The van der Waals surface area contributed by atoms with Crippen molar-refractivity contribution < 1.29 is 36.2 Å². The zero-order valence-corrected chi connectivity index (χ0v) is 20.4. The summed E-state index contributed by atoms with van der Waals surface area (Å²) >= 11 is 6.31. The van der Waals surface area contributed by atoms with Crippen LogP contribution in [0.5, 0.6) is 0 Å². The Kier molecular flexibility index (Phi) is 8.38. The van der Waals surface area contributed by atoms with E-state index in [0.717, 1.165) is 10.6 Å². The molecule has 0 aliphatic carbocycles. The second-order valence-corrected chi connectivity index (χ2v) is 8.75. The first-order valence-electron chi connectivity index (χ1n) is 10.8. The number of nitrogens with zero attached hydrogens (tertiary/aromatic N) is 3. The van der Waals surface area contributed by atoms with Crippen LogP contribution in [0.3, 0.4) is 0 Å². The lowest BCUT2D eigenvalue weighted by Crippen LogP contribution is -2.33. The van der Waals surface area contributed by atoms with E-state index in [9.17, 15) is 36.2 Å². The van der Waals surface area contributed by atoms with Crippen molar-refractivity contribution in [3.8, 4) is 11.1 Å². The quantitative estimate of drug-likeness (QED) is 0.291. The first-order chi connectivity index (χ1) is 17.2. The highest BCUT2D eigenvalue weighted by molar-refractivity contribution is 6.30. The molecule has 0 fully saturated rings. The van der Waals surface area contributed by atoms with Gasteiger partial charge in [-0.3, -0.25) is 4.79 Å². The van der Waals surface area contributed by atoms with Gasteiger partial charge < -0.3 is 14.9 Å². The number of aromatic nitrogens is 1. The van der Waals surface area contributed by atoms with Crippen LogP contribution in [-0.4, -0.2) is 41.6 Å². The molecule has 3 aromatic rings. The predicted octanol–water partition coefficient (Wildman–Crippen LogP) is 6.03. The number of amides is 1. The highest BCUT2D eigenvalue weighted by Crippen LogP contribution is 2.37. The molecule has 0 saturated heterocycles. The largest absolute Gasteiger partial charge is 0.416 e. The molecular weight excluding hydrogens is 524 g/mol. The van der Waals surface area contributed by atoms with E-state index in [1.807, 2.05) is 31.1 Å². The number of anilines is 1. The Morgan fingerprint density at radius 2 is 1.49 bits per heavy atom. The van der Waals surface area contributed by atoms with Crippen molar-refractivity contribution in [2.24, 2.45) is 0 Å². The molecule has 3 rings (SSSR count). The van der Waals surface area contributed by atoms with E-state index in [1.54, 1.807) is 18.2 Å². The molecule has 1 N–H and O–H groups in total. The van der Waals surface area contributed by atoms with Crippen molar-refractivity contribution in [1.29, 1.82) is 0 Å². The Bertz CT molecular complexity index is 1230. The number of hydrogen-bond acceptors (Lipinski definition) is 4. The van der Waals surface area contributed by atoms with Crippen LogP contribution in [0.4, 0.5) is 32.0 Å². The fourth-order valence-electron chi connectivity index (χ4n) is 3.68. The van der Waals surface area contributed by atoms with E-state index in [-0.39, 0.29) is 17.8 Å². The molecule has 37 heavy (non-hydrogen) atoms. The van der Waals surface area contributed by atoms with Crippen LogP contribution >= 0.6 is 11.6 Å². The molecule has 5 nitrogen and oxygen atoms in total. The van der Waals surface area contributed by atoms with Gasteiger partial charge in [-0.05, 0) is 53.1 Å². The summed E-state index contributed by atoms with van der Waals surface area (Å²) in [6, 6.07) is 9.99. The van der Waals surface area contributed by atoms with E-state index in [2.05, 4.69) is 4.98 Å². The molecule has 1 heterocycles. The van der Waals surface area contributed by atoms with Gasteiger partial charge in [0.25, 0.3) is 0 Å². The molecule has 12 heteroatoms. The molecule has 0 spiro atoms. The lowest BCUT2D eigenvalue weighted by Gasteiger charge is -2.25. The lowest BCUT2D eigenvalue weighted by molar-refractivity contribution is -0.143. The average Bonchev–Trinajstić information content (AvgIpc) is 2.83. The predicted molar refractivity (Wildman–Crippen MR) is 127 cm³/mol. The van der Waals surface area contributed by atoms with Gasteiger partial charge >= 0.3 is 12.4 Å². The second-order valence-electron chi connectivity index (χ2n) is 8.39. The Balaban J connectivity index is 2.04. The minimum absolute atomic E-state index is 0.00911. The monoisotopic (exact) mass is 545 g/mol. The van der Waals surface area contributed by atoms with Crippen LogP contribution in [0.2, 0.25) is 5.15 Å². The van der Waals surface area contributed by atoms with Crippen LogP contribution < -0.4 is 4.90 Å². The number of pyridine rings is 1. The normalized spacial score (nSPS) is 11.9. The Hall–Kier alpha value is -3.31. The van der Waals surface area contributed by atoms with E-state index in [0.29, 0.717) is 28.8 Å². The summed E-state index contributed by atoms with van der Waals surface area (Å²) in [6.07, 6.45) is -8.65. The van der Waals surface area contributed by atoms with Gasteiger partial charge in [0.05, 0.1) is 11.1 Å². The number of hydrogen-bond donors (Lipinski definition) is 1. The highest BCUT2D eigenvalue weighted by Gasteiger charge is 2.37. The summed E-state index contributed by atoms with van der Waals surface area (Å²) in [5.74, 6) is -0.917. The molecule has 0 bridgehead atoms. The smallest absolute Gasteiger partial charge is 0.387 e. The highest BCUT2D eigenvalue weighted by atomic mass is 35.5. The van der Waals surface area contributed by atoms with E-state index in [4.69, 9.17) is 11.6 Å². The summed E-state index contributed by atoms with van der Waals surface area (Å²) in [6.45, 7) is -1.99. The first-order valence-corrected chi connectivity index (χ1v) is 11.2. The number of benzene rings is 2. The number of rotatable bonds is 7. The minimum Gasteiger partial charge on any atom is -0.387 e. The number of aliphatic hydroxyl groups is 1. The zero-order valence-electron chi connectivity index (χ0n) is 19.7. The van der Waals surface area contributed by atoms with Crippen LogP contribution in [0.25, 0.3) is 11.1 Å². The molecule has 2 aromatic carbocycles. The molecular formula is C25H22ClF6N3O2. The van der Waals surface area contributed by atoms with Crippen molar-refractivity contribution in [2.45, 2.75) is 25.4 Å². The van der Waals surface area contributed by atoms with Gasteiger partial charge in [0, 0.05) is 44.6 Å². The van der Waals surface area contributed by atoms with Gasteiger partial charge in [0.2, 0.25) is 5.91 Å². The Labute approximate surface area is 213 Å². The van der Waals surface area contributed by atoms with Crippen molar-refractivity contribution in [3.63, 3.8) is 0 Å². The van der Waals surface area contributed by atoms with Crippen LogP contribution in [0, 0.1) is 0 Å². The SMILES string of the molecule is CN(C)c1ccc(-c2ccnc(Cl)c2CN(Cc2cc(C(F)(F)F)cc(C(F)(F)F)c2)C(=O)CO)cc1. The number of alkyl halides is 6. The number of aliphatic hydroxyl groups excluding tert-OH is 1. The Morgan fingerprint density at radius 1 is 0.919 bits per heavy atom. The molecule has 1 amide bonds. The zero-order chi connectivity index (χ0) is 27.5. The summed E-state index contributed by atoms with van der Waals surface area (Å²) in [5.41, 5.74) is -0.953. The second kappa shape index (κ2) is 11.0. The van der Waals surface area contributed by atoms with Gasteiger partial charge in [-0.25, -0.2) is 4.98 Å². The van der Waals surface area contributed by atoms with Crippen LogP contribution in [-0.2, 0) is 30.2 Å². The number of carbonyl (C=O) groups excluding carboxylic acids is 1. The van der Waals surface area contributed by atoms with Crippen molar-refractivity contribution in [3.05, 3.63) is 82.1 Å². The third kappa shape index (κ3) is 6.92. The molecule has 1 aromatic heterocycles. The molecule has 0 unspecified atom stereocenters. The maximum atomic E-state index is 13.3. The molecule has 198 valence electrons. The third-order valence-corrected chi connectivity index (χ3v) is 5.88. The summed E-state index contributed by atoms with van der Waals surface area (Å²) in [7, 11) is 3.72. The van der Waals surface area contributed by atoms with Gasteiger partial charge in [0.15, 0.2) is 0 Å². The third-order valence-electron chi connectivity index (χ3n) is 5.56. The van der Waals surface area contributed by atoms with Gasteiger partial charge in [-0.1, -0.05) is 23.7 Å². The van der Waals surface area contributed by atoms with Crippen molar-refractivity contribution >= 4 is 23.2 Å². The van der Waals surface area contributed by atoms with Gasteiger partial charge in [0.1, 0.15) is 11.8 Å². The van der Waals surface area contributed by atoms with E-state index < -0.39 is 48.1 Å². The Morgan fingerprint density at radius 3 is 1.97 bits per heavy atom. The van der Waals surface area contributed by atoms with Crippen molar-refractivity contribution in [2.75, 3.05) is 25.6 Å². The summed E-state index contributed by atoms with van der Waals surface area (Å²) in [5, 5.41) is 9.45. The maximum Gasteiger partial charge on any atom is 0.416 e. The molecule has 0 saturated carbocycles. The number of halogens is 7. The van der Waals surface area contributed by atoms with Gasteiger partial charge in [-0.15, -0.1) is 0 Å². The fraction of sp³-hybridized carbons (Fsp3) is 0.280. The standard InChI is InChI=1S/C25H22ClF6N3O2/c1-34(2)19-5-3-16(4-6-19)20-7-8-33-23(26)21(20)13-35(22(37)14-36)12-15-9-17(24(27,28)29)11-18(10-15)25(30,31)32/h3-11,36H,12-14H2,1-2H3. The van der Waals surface area contributed by atoms with Gasteiger partial charge in [-0.2, -0.15) is 26.3 Å². The molecule has 0 aliphatic rings. The minimum atomic E-state index is -5.04. The molecule has 0 atom stereocenters. The summed E-state index contributed by atoms with van der Waals surface area (Å²) in [4.78, 5) is 19.3. The van der Waals surface area contributed by atoms with Crippen LogP contribution in [0.1, 0.15) is 22.3 Å². The average molecular weight is 546 g/mol. The molecule has 0 radical (unpaired) electrons. The fourth-order valence-corrected chi connectivity index (χ4v) is 3.90. The van der Waals surface area contributed by atoms with Crippen LogP contribution in [0.15, 0.2) is 54.7 Å².